The van der Waals surface area contributed by atoms with Crippen molar-refractivity contribution < 1.29 is 9.53 Å². The molecular formula is C23H28N2O2. The molecule has 4 nitrogen and oxygen atoms in total. The maximum absolute atomic E-state index is 12.3. The van der Waals surface area contributed by atoms with Gasteiger partial charge in [0.15, 0.2) is 0 Å². The van der Waals surface area contributed by atoms with Crippen LogP contribution in [0.15, 0.2) is 54.6 Å². The molecule has 4 heteroatoms. The van der Waals surface area contributed by atoms with Crippen LogP contribution >= 0.6 is 0 Å². The van der Waals surface area contributed by atoms with Crippen LogP contribution in [0, 0.1) is 0 Å². The third kappa shape index (κ3) is 3.34. The molecule has 2 saturated heterocycles. The molecule has 2 aliphatic rings. The Hall–Kier alpha value is -2.33. The van der Waals surface area contributed by atoms with Gasteiger partial charge in [-0.25, -0.2) is 0 Å². The minimum Gasteiger partial charge on any atom is -0.497 e. The predicted molar refractivity (Wildman–Crippen MR) is 107 cm³/mol. The molecule has 0 radical (unpaired) electrons. The van der Waals surface area contributed by atoms with Gasteiger partial charge in [0, 0.05) is 32.0 Å². The first kappa shape index (κ1) is 18.1. The van der Waals surface area contributed by atoms with Crippen LogP contribution in [0.5, 0.6) is 5.75 Å². The lowest BCUT2D eigenvalue weighted by atomic mass is 9.69. The fourth-order valence-corrected chi connectivity index (χ4v) is 4.96. The fraction of sp³-hybridized carbons (Fsp3) is 0.435. The van der Waals surface area contributed by atoms with Gasteiger partial charge < -0.3 is 9.64 Å². The van der Waals surface area contributed by atoms with Gasteiger partial charge in [0.05, 0.1) is 13.2 Å². The predicted octanol–water partition coefficient (Wildman–Crippen LogP) is 3.46. The van der Waals surface area contributed by atoms with Crippen molar-refractivity contribution in [3.8, 4) is 5.75 Å². The average Bonchev–Trinajstić information content (AvgIpc) is 3.09. The van der Waals surface area contributed by atoms with Crippen molar-refractivity contribution in [3.63, 3.8) is 0 Å². The van der Waals surface area contributed by atoms with Gasteiger partial charge in [0.1, 0.15) is 5.75 Å². The fourth-order valence-electron chi connectivity index (χ4n) is 4.96. The lowest BCUT2D eigenvalue weighted by molar-refractivity contribution is -0.131. The molecule has 27 heavy (non-hydrogen) atoms. The van der Waals surface area contributed by atoms with Crippen LogP contribution in [0.3, 0.4) is 0 Å². The largest absolute Gasteiger partial charge is 0.497 e. The summed E-state index contributed by atoms with van der Waals surface area (Å²) < 4.78 is 5.26. The maximum atomic E-state index is 12.3. The number of ether oxygens (including phenoxy) is 1. The number of nitrogens with zero attached hydrogens (tertiary/aromatic N) is 2. The zero-order valence-electron chi connectivity index (χ0n) is 16.2. The first-order chi connectivity index (χ1) is 13.1. The van der Waals surface area contributed by atoms with E-state index < -0.39 is 0 Å². The van der Waals surface area contributed by atoms with E-state index in [1.165, 1.54) is 11.1 Å². The van der Waals surface area contributed by atoms with E-state index in [1.807, 2.05) is 12.1 Å². The SMILES string of the molecule is COc1ccc(CN2CCC3(c4ccccc4)CCN(C(C)=O)C3C2)cc1. The number of carbonyl (C=O) groups is 1. The number of rotatable bonds is 4. The van der Waals surface area contributed by atoms with Crippen LogP contribution in [0.1, 0.15) is 30.9 Å². The quantitative estimate of drug-likeness (QED) is 0.833. The number of carbonyl (C=O) groups excluding carboxylic acids is 1. The normalized spacial score (nSPS) is 25.3. The summed E-state index contributed by atoms with van der Waals surface area (Å²) in [4.78, 5) is 16.9. The molecule has 0 saturated carbocycles. The Morgan fingerprint density at radius 1 is 1.07 bits per heavy atom. The van der Waals surface area contributed by atoms with E-state index in [0.717, 1.165) is 44.8 Å². The molecule has 4 rings (SSSR count). The molecule has 0 aromatic heterocycles. The Morgan fingerprint density at radius 2 is 1.78 bits per heavy atom. The molecule has 2 atom stereocenters. The molecule has 2 fully saturated rings. The van der Waals surface area contributed by atoms with E-state index in [-0.39, 0.29) is 17.4 Å². The summed E-state index contributed by atoms with van der Waals surface area (Å²) in [6.07, 6.45) is 2.17. The molecule has 2 aromatic carbocycles. The first-order valence-electron chi connectivity index (χ1n) is 9.80. The summed E-state index contributed by atoms with van der Waals surface area (Å²) in [5.74, 6) is 1.09. The number of likely N-dealkylation sites (tertiary alicyclic amines) is 2. The number of piperidine rings is 1. The lowest BCUT2D eigenvalue weighted by Gasteiger charge is -2.46. The Labute approximate surface area is 161 Å². The molecular weight excluding hydrogens is 336 g/mol. The van der Waals surface area contributed by atoms with Crippen molar-refractivity contribution in [1.82, 2.24) is 9.80 Å². The summed E-state index contributed by atoms with van der Waals surface area (Å²) in [6.45, 7) is 5.48. The molecule has 0 spiro atoms. The lowest BCUT2D eigenvalue weighted by Crippen LogP contribution is -2.56. The van der Waals surface area contributed by atoms with Crippen molar-refractivity contribution in [2.24, 2.45) is 0 Å². The molecule has 1 amide bonds. The number of hydrogen-bond donors (Lipinski definition) is 0. The van der Waals surface area contributed by atoms with E-state index in [9.17, 15) is 4.79 Å². The Bertz CT molecular complexity index is 790. The second-order valence-corrected chi connectivity index (χ2v) is 7.83. The molecule has 2 aliphatic heterocycles. The summed E-state index contributed by atoms with van der Waals surface area (Å²) in [7, 11) is 1.69. The number of fused-ring (bicyclic) bond motifs is 1. The number of benzene rings is 2. The maximum Gasteiger partial charge on any atom is 0.219 e. The second kappa shape index (κ2) is 7.35. The molecule has 2 heterocycles. The van der Waals surface area contributed by atoms with E-state index in [1.54, 1.807) is 14.0 Å². The standard InChI is InChI=1S/C23H28N2O2/c1-18(26)25-15-13-23(20-6-4-3-5-7-20)12-14-24(17-22(23)25)16-19-8-10-21(27-2)11-9-19/h3-11,22H,12-17H2,1-2H3. The topological polar surface area (TPSA) is 32.8 Å². The Balaban J connectivity index is 1.56. The first-order valence-corrected chi connectivity index (χ1v) is 9.80. The number of methoxy groups -OCH3 is 1. The van der Waals surface area contributed by atoms with Crippen LogP contribution in [0.25, 0.3) is 0 Å². The number of hydrogen-bond acceptors (Lipinski definition) is 3. The third-order valence-electron chi connectivity index (χ3n) is 6.44. The van der Waals surface area contributed by atoms with Crippen molar-refractivity contribution >= 4 is 5.91 Å². The Kier molecular flexibility index (Phi) is 4.92. The van der Waals surface area contributed by atoms with E-state index in [0.29, 0.717) is 0 Å². The smallest absolute Gasteiger partial charge is 0.219 e. The highest BCUT2D eigenvalue weighted by molar-refractivity contribution is 5.74. The van der Waals surface area contributed by atoms with Gasteiger partial charge in [-0.2, -0.15) is 0 Å². The zero-order valence-corrected chi connectivity index (χ0v) is 16.2. The third-order valence-corrected chi connectivity index (χ3v) is 6.44. The molecule has 2 aromatic rings. The van der Waals surface area contributed by atoms with Gasteiger partial charge in [0.2, 0.25) is 5.91 Å². The minimum atomic E-state index is 0.101. The molecule has 0 bridgehead atoms. The van der Waals surface area contributed by atoms with Crippen molar-refractivity contribution in [1.29, 1.82) is 0 Å². The summed E-state index contributed by atoms with van der Waals surface area (Å²) in [5, 5.41) is 0. The summed E-state index contributed by atoms with van der Waals surface area (Å²) in [6, 6.07) is 19.4. The van der Waals surface area contributed by atoms with Crippen LogP contribution < -0.4 is 4.74 Å². The second-order valence-electron chi connectivity index (χ2n) is 7.83. The highest BCUT2D eigenvalue weighted by Gasteiger charge is 2.51. The van der Waals surface area contributed by atoms with Gasteiger partial charge in [-0.15, -0.1) is 0 Å². The zero-order chi connectivity index (χ0) is 18.9. The van der Waals surface area contributed by atoms with Crippen LogP contribution in [-0.4, -0.2) is 48.5 Å². The van der Waals surface area contributed by atoms with Crippen LogP contribution in [0.4, 0.5) is 0 Å². The van der Waals surface area contributed by atoms with Gasteiger partial charge in [-0.3, -0.25) is 9.69 Å². The summed E-state index contributed by atoms with van der Waals surface area (Å²) >= 11 is 0. The highest BCUT2D eigenvalue weighted by atomic mass is 16.5. The van der Waals surface area contributed by atoms with E-state index in [2.05, 4.69) is 52.3 Å². The van der Waals surface area contributed by atoms with Gasteiger partial charge in [-0.05, 0) is 42.6 Å². The highest BCUT2D eigenvalue weighted by Crippen LogP contribution is 2.46. The Morgan fingerprint density at radius 3 is 2.44 bits per heavy atom. The average molecular weight is 364 g/mol. The number of amides is 1. The van der Waals surface area contributed by atoms with Gasteiger partial charge >= 0.3 is 0 Å². The molecule has 142 valence electrons. The van der Waals surface area contributed by atoms with Crippen LogP contribution in [-0.2, 0) is 16.8 Å². The van der Waals surface area contributed by atoms with E-state index in [4.69, 9.17) is 4.74 Å². The van der Waals surface area contributed by atoms with Crippen LogP contribution in [0.2, 0.25) is 0 Å². The van der Waals surface area contributed by atoms with Gasteiger partial charge in [0.25, 0.3) is 0 Å². The summed E-state index contributed by atoms with van der Waals surface area (Å²) in [5.41, 5.74) is 2.78. The van der Waals surface area contributed by atoms with Gasteiger partial charge in [-0.1, -0.05) is 42.5 Å². The van der Waals surface area contributed by atoms with Crippen molar-refractivity contribution in [2.75, 3.05) is 26.7 Å². The van der Waals surface area contributed by atoms with Crippen molar-refractivity contribution in [2.45, 2.75) is 37.8 Å². The van der Waals surface area contributed by atoms with E-state index >= 15 is 0 Å². The molecule has 0 aliphatic carbocycles. The molecule has 2 unspecified atom stereocenters. The van der Waals surface area contributed by atoms with Crippen molar-refractivity contribution in [3.05, 3.63) is 65.7 Å². The minimum absolute atomic E-state index is 0.101. The monoisotopic (exact) mass is 364 g/mol. The molecule has 0 N–H and O–H groups in total.